The molecule has 0 saturated carbocycles. The van der Waals surface area contributed by atoms with E-state index >= 15 is 0 Å². The molecule has 290 valence electrons. The number of carbonyl (C=O) groups excluding carboxylic acids is 1. The zero-order valence-corrected chi connectivity index (χ0v) is 33.1. The van der Waals surface area contributed by atoms with E-state index in [0.29, 0.717) is 52.7 Å². The lowest BCUT2D eigenvalue weighted by Crippen LogP contribution is -2.27. The molecular formula is C47H60O7. The summed E-state index contributed by atoms with van der Waals surface area (Å²) < 4.78 is 34.0. The number of methoxy groups -OCH3 is 2. The van der Waals surface area contributed by atoms with Crippen molar-refractivity contribution < 1.29 is 33.2 Å². The van der Waals surface area contributed by atoms with Crippen LogP contribution in [0, 0.1) is 0 Å². The topological polar surface area (TPSA) is 72.5 Å². The van der Waals surface area contributed by atoms with Gasteiger partial charge in [-0.15, -0.1) is 0 Å². The standard InChI is InChI=1S/C47H60O7/c1-46(2,3)54-45(48)16-10-7-11-29-53-40-21-17-37(18-22-40)39-20-24-42-41-23-19-38(36-14-8-6-9-15-36)34-43(41)47(44(42)35-39,25-12-27-51-32-30-49-4)26-13-28-52-33-31-50-5/h6,8-9,14-15,17-24,34-35H,7,10-13,16,25-33H2,1-5H3. The third-order valence-corrected chi connectivity index (χ3v) is 10.0. The molecule has 1 aliphatic rings. The lowest BCUT2D eigenvalue weighted by atomic mass is 9.70. The largest absolute Gasteiger partial charge is 0.494 e. The van der Waals surface area contributed by atoms with Crippen LogP contribution in [0.3, 0.4) is 0 Å². The van der Waals surface area contributed by atoms with Crippen molar-refractivity contribution in [1.29, 1.82) is 0 Å². The summed E-state index contributed by atoms with van der Waals surface area (Å²) >= 11 is 0. The molecule has 4 aromatic carbocycles. The predicted octanol–water partition coefficient (Wildman–Crippen LogP) is 10.5. The summed E-state index contributed by atoms with van der Waals surface area (Å²) in [5.74, 6) is 0.715. The summed E-state index contributed by atoms with van der Waals surface area (Å²) in [4.78, 5) is 12.0. The van der Waals surface area contributed by atoms with Crippen molar-refractivity contribution in [1.82, 2.24) is 0 Å². The molecule has 1 aliphatic carbocycles. The summed E-state index contributed by atoms with van der Waals surface area (Å²) in [6, 6.07) is 33.1. The second-order valence-corrected chi connectivity index (χ2v) is 15.2. The van der Waals surface area contributed by atoms with Crippen LogP contribution in [0.5, 0.6) is 5.75 Å². The van der Waals surface area contributed by atoms with Gasteiger partial charge < -0.3 is 28.4 Å². The summed E-state index contributed by atoms with van der Waals surface area (Å²) in [5.41, 5.74) is 9.54. The van der Waals surface area contributed by atoms with Gasteiger partial charge in [-0.3, -0.25) is 4.79 Å². The first-order valence-corrected chi connectivity index (χ1v) is 19.7. The molecule has 5 rings (SSSR count). The highest BCUT2D eigenvalue weighted by Gasteiger charge is 2.42. The minimum atomic E-state index is -0.439. The number of unbranched alkanes of at least 4 members (excludes halogenated alkanes) is 2. The Bertz CT molecular complexity index is 1710. The van der Waals surface area contributed by atoms with E-state index in [1.54, 1.807) is 14.2 Å². The van der Waals surface area contributed by atoms with E-state index < -0.39 is 5.60 Å². The Morgan fingerprint density at radius 2 is 1.09 bits per heavy atom. The Balaban J connectivity index is 1.36. The second-order valence-electron chi connectivity index (χ2n) is 15.2. The molecule has 7 nitrogen and oxygen atoms in total. The molecule has 7 heteroatoms. The van der Waals surface area contributed by atoms with Gasteiger partial charge in [-0.2, -0.15) is 0 Å². The fourth-order valence-corrected chi connectivity index (χ4v) is 7.46. The minimum Gasteiger partial charge on any atom is -0.494 e. The molecule has 0 aliphatic heterocycles. The Labute approximate surface area is 323 Å². The van der Waals surface area contributed by atoms with Crippen molar-refractivity contribution in [2.75, 3.05) is 60.5 Å². The average molecular weight is 737 g/mol. The van der Waals surface area contributed by atoms with Crippen molar-refractivity contribution in [2.24, 2.45) is 0 Å². The summed E-state index contributed by atoms with van der Waals surface area (Å²) in [7, 11) is 3.42. The molecule has 0 unspecified atom stereocenters. The molecule has 0 fully saturated rings. The van der Waals surface area contributed by atoms with Crippen molar-refractivity contribution in [2.45, 2.75) is 83.2 Å². The third-order valence-electron chi connectivity index (χ3n) is 10.0. The van der Waals surface area contributed by atoms with Crippen LogP contribution < -0.4 is 4.74 Å². The number of hydrogen-bond acceptors (Lipinski definition) is 7. The average Bonchev–Trinajstić information content (AvgIpc) is 3.43. The van der Waals surface area contributed by atoms with Crippen LogP contribution in [0.2, 0.25) is 0 Å². The fraction of sp³-hybridized carbons (Fsp3) is 0.468. The smallest absolute Gasteiger partial charge is 0.306 e. The molecule has 0 radical (unpaired) electrons. The first-order valence-electron chi connectivity index (χ1n) is 19.7. The van der Waals surface area contributed by atoms with Crippen LogP contribution in [0.1, 0.15) is 83.3 Å². The molecule has 0 amide bonds. The number of esters is 1. The van der Waals surface area contributed by atoms with Crippen LogP contribution in [-0.2, 0) is 33.9 Å². The number of hydrogen-bond donors (Lipinski definition) is 0. The normalized spacial score (nSPS) is 13.1. The van der Waals surface area contributed by atoms with E-state index in [-0.39, 0.29) is 11.4 Å². The maximum atomic E-state index is 12.0. The number of rotatable bonds is 23. The van der Waals surface area contributed by atoms with E-state index in [1.165, 1.54) is 38.9 Å². The molecule has 54 heavy (non-hydrogen) atoms. The zero-order chi connectivity index (χ0) is 38.2. The lowest BCUT2D eigenvalue weighted by molar-refractivity contribution is -0.154. The van der Waals surface area contributed by atoms with Gasteiger partial charge in [-0.1, -0.05) is 66.7 Å². The number of carbonyl (C=O) groups is 1. The highest BCUT2D eigenvalue weighted by Crippen LogP contribution is 2.55. The maximum Gasteiger partial charge on any atom is 0.306 e. The summed E-state index contributed by atoms with van der Waals surface area (Å²) in [5, 5.41) is 0. The third kappa shape index (κ3) is 11.5. The van der Waals surface area contributed by atoms with E-state index in [1.807, 2.05) is 20.8 Å². The number of benzene rings is 4. The fourth-order valence-electron chi connectivity index (χ4n) is 7.46. The highest BCUT2D eigenvalue weighted by molar-refractivity contribution is 5.86. The van der Waals surface area contributed by atoms with Gasteiger partial charge in [0.1, 0.15) is 11.4 Å². The molecule has 0 saturated heterocycles. The molecule has 4 aromatic rings. The minimum absolute atomic E-state index is 0.137. The number of fused-ring (bicyclic) bond motifs is 3. The quantitative estimate of drug-likeness (QED) is 0.0554. The van der Waals surface area contributed by atoms with Gasteiger partial charge in [0.25, 0.3) is 0 Å². The first-order chi connectivity index (χ1) is 26.2. The summed E-state index contributed by atoms with van der Waals surface area (Å²) in [6.07, 6.45) is 6.84. The van der Waals surface area contributed by atoms with Crippen LogP contribution in [0.15, 0.2) is 91.0 Å². The molecule has 0 aromatic heterocycles. The van der Waals surface area contributed by atoms with Crippen molar-refractivity contribution >= 4 is 5.97 Å². The Morgan fingerprint density at radius 1 is 0.556 bits per heavy atom. The lowest BCUT2D eigenvalue weighted by Gasteiger charge is -2.33. The molecule has 0 heterocycles. The Hall–Kier alpha value is -4.01. The first kappa shape index (κ1) is 41.2. The molecule has 0 bridgehead atoms. The van der Waals surface area contributed by atoms with Crippen molar-refractivity contribution in [3.63, 3.8) is 0 Å². The molecule has 0 spiro atoms. The van der Waals surface area contributed by atoms with Crippen LogP contribution in [0.4, 0.5) is 0 Å². The Morgan fingerprint density at radius 3 is 1.63 bits per heavy atom. The van der Waals surface area contributed by atoms with Gasteiger partial charge in [0.2, 0.25) is 0 Å². The van der Waals surface area contributed by atoms with Crippen molar-refractivity contribution in [3.8, 4) is 39.1 Å². The second kappa shape index (κ2) is 20.6. The summed E-state index contributed by atoms with van der Waals surface area (Å²) in [6.45, 7) is 10.1. The Kier molecular flexibility index (Phi) is 15.7. The molecule has 0 N–H and O–H groups in total. The van der Waals surface area contributed by atoms with Gasteiger partial charge in [0.15, 0.2) is 0 Å². The van der Waals surface area contributed by atoms with Gasteiger partial charge in [0, 0.05) is 39.3 Å². The van der Waals surface area contributed by atoms with Gasteiger partial charge >= 0.3 is 5.97 Å². The van der Waals surface area contributed by atoms with Gasteiger partial charge in [-0.05, 0) is 134 Å². The molecular weight excluding hydrogens is 677 g/mol. The van der Waals surface area contributed by atoms with Crippen LogP contribution >= 0.6 is 0 Å². The number of ether oxygens (including phenoxy) is 6. The SMILES string of the molecule is COCCOCCCC1(CCCOCCOC)c2cc(-c3ccccc3)ccc2-c2ccc(-c3ccc(OCCCCCC(=O)OC(C)(C)C)cc3)cc21. The van der Waals surface area contributed by atoms with Gasteiger partial charge in [0.05, 0.1) is 33.0 Å². The predicted molar refractivity (Wildman–Crippen MR) is 217 cm³/mol. The zero-order valence-electron chi connectivity index (χ0n) is 33.1. The van der Waals surface area contributed by atoms with Crippen LogP contribution in [-0.4, -0.2) is 72.0 Å². The monoisotopic (exact) mass is 736 g/mol. The van der Waals surface area contributed by atoms with Crippen LogP contribution in [0.25, 0.3) is 33.4 Å². The maximum absolute atomic E-state index is 12.0. The van der Waals surface area contributed by atoms with E-state index in [2.05, 4.69) is 91.0 Å². The van der Waals surface area contributed by atoms with Crippen molar-refractivity contribution in [3.05, 3.63) is 102 Å². The van der Waals surface area contributed by atoms with E-state index in [9.17, 15) is 4.79 Å². The van der Waals surface area contributed by atoms with E-state index in [0.717, 1.165) is 56.3 Å². The highest BCUT2D eigenvalue weighted by atomic mass is 16.6. The van der Waals surface area contributed by atoms with Gasteiger partial charge in [-0.25, -0.2) is 0 Å². The molecule has 0 atom stereocenters. The van der Waals surface area contributed by atoms with E-state index in [4.69, 9.17) is 28.4 Å².